The Kier molecular flexibility index (Phi) is 3.65. The summed E-state index contributed by atoms with van der Waals surface area (Å²) < 4.78 is 5.01. The van der Waals surface area contributed by atoms with Gasteiger partial charge in [0.1, 0.15) is 0 Å². The molecule has 1 aliphatic rings. The second-order valence-electron chi connectivity index (χ2n) is 9.42. The zero-order chi connectivity index (χ0) is 19.7. The highest BCUT2D eigenvalue weighted by molar-refractivity contribution is 5.97. The number of hydrogen-bond acceptors (Lipinski definition) is 1. The van der Waals surface area contributed by atoms with Crippen molar-refractivity contribution in [3.05, 3.63) is 53.9 Å². The number of hydrogen-bond donors (Lipinski definition) is 0. The number of aryl methyl sites for hydroxylation is 1. The van der Waals surface area contributed by atoms with Crippen LogP contribution in [0.1, 0.15) is 65.3 Å². The van der Waals surface area contributed by atoms with Gasteiger partial charge >= 0.3 is 0 Å². The molecule has 0 N–H and O–H groups in total. The maximum atomic E-state index is 5.26. The van der Waals surface area contributed by atoms with Crippen LogP contribution in [0.15, 0.2) is 42.5 Å². The van der Waals surface area contributed by atoms with E-state index in [0.29, 0.717) is 0 Å². The molecule has 0 bridgehead atoms. The van der Waals surface area contributed by atoms with E-state index in [9.17, 15) is 0 Å². The highest BCUT2D eigenvalue weighted by atomic mass is 15.2. The number of aromatic nitrogens is 3. The monoisotopic (exact) mass is 372 g/mol. The van der Waals surface area contributed by atoms with Gasteiger partial charge < -0.3 is 0 Å². The molecule has 0 spiro atoms. The van der Waals surface area contributed by atoms with E-state index in [2.05, 4.69) is 86.1 Å². The lowest BCUT2D eigenvalue weighted by Gasteiger charge is -2.31. The summed E-state index contributed by atoms with van der Waals surface area (Å²) in [6.45, 7) is 12.6. The molecule has 2 aromatic carbocycles. The van der Waals surface area contributed by atoms with E-state index in [0.717, 1.165) is 17.9 Å². The van der Waals surface area contributed by atoms with Crippen LogP contribution >= 0.6 is 0 Å². The molecule has 0 amide bonds. The first-order chi connectivity index (χ1) is 13.4. The van der Waals surface area contributed by atoms with Crippen LogP contribution in [0.5, 0.6) is 0 Å². The highest BCUT2D eigenvalue weighted by Crippen LogP contribution is 2.43. The lowest BCUT2D eigenvalue weighted by molar-refractivity contribution is -0.646. The maximum Gasteiger partial charge on any atom is 0.298 e. The van der Waals surface area contributed by atoms with Gasteiger partial charge in [-0.1, -0.05) is 58.9 Å². The molecule has 5 rings (SSSR count). The van der Waals surface area contributed by atoms with E-state index < -0.39 is 0 Å². The van der Waals surface area contributed by atoms with Gasteiger partial charge in [-0.2, -0.15) is 4.40 Å². The minimum absolute atomic E-state index is 0.0390. The predicted octanol–water partition coefficient (Wildman–Crippen LogP) is 5.69. The van der Waals surface area contributed by atoms with Gasteiger partial charge in [-0.25, -0.2) is 9.55 Å². The second kappa shape index (κ2) is 5.79. The van der Waals surface area contributed by atoms with Gasteiger partial charge in [0, 0.05) is 5.41 Å². The number of rotatable bonds is 2. The Labute approximate surface area is 167 Å². The van der Waals surface area contributed by atoms with Gasteiger partial charge in [0.25, 0.3) is 5.65 Å². The third-order valence-corrected chi connectivity index (χ3v) is 6.99. The summed E-state index contributed by atoms with van der Waals surface area (Å²) in [7, 11) is 0. The highest BCUT2D eigenvalue weighted by Gasteiger charge is 2.39. The first kappa shape index (κ1) is 17.7. The van der Waals surface area contributed by atoms with Crippen LogP contribution in [-0.4, -0.2) is 9.38 Å². The summed E-state index contributed by atoms with van der Waals surface area (Å²) in [6.07, 6.45) is 3.50. The standard InChI is InChI=1S/C25H30N3/c1-6-25(7-2)15-16-27-19-13-8-9-14-20(19)28-22(27)21-17(25)11-10-12-18(21)26-23(28)24(3,4)5/h8-14H,6-7,15-16H2,1-5H3/q+1. The van der Waals surface area contributed by atoms with E-state index in [1.807, 2.05) is 0 Å². The summed E-state index contributed by atoms with van der Waals surface area (Å²) in [6, 6.07) is 15.6. The molecule has 3 heterocycles. The van der Waals surface area contributed by atoms with E-state index in [-0.39, 0.29) is 10.8 Å². The van der Waals surface area contributed by atoms with E-state index in [1.54, 1.807) is 0 Å². The Balaban J connectivity index is 2.10. The average molecular weight is 373 g/mol. The number of para-hydroxylation sites is 2. The molecular weight excluding hydrogens is 342 g/mol. The SMILES string of the molecule is CCC1(CC)CC[n+]2c3ccccc3n3c(C(C)(C)C)nc4cccc1c4c32. The lowest BCUT2D eigenvalue weighted by Crippen LogP contribution is -2.36. The summed E-state index contributed by atoms with van der Waals surface area (Å²) in [4.78, 5) is 5.26. The normalized spacial score (nSPS) is 16.3. The van der Waals surface area contributed by atoms with Gasteiger partial charge in [-0.05, 0) is 48.4 Å². The second-order valence-corrected chi connectivity index (χ2v) is 9.42. The van der Waals surface area contributed by atoms with Crippen molar-refractivity contribution < 1.29 is 4.57 Å². The molecule has 28 heavy (non-hydrogen) atoms. The fourth-order valence-electron chi connectivity index (χ4n) is 5.34. The fraction of sp³-hybridized carbons (Fsp3) is 0.440. The van der Waals surface area contributed by atoms with Crippen molar-refractivity contribution in [1.82, 2.24) is 9.38 Å². The van der Waals surface area contributed by atoms with Crippen molar-refractivity contribution in [1.29, 1.82) is 0 Å². The minimum Gasteiger partial charge on any atom is -0.222 e. The van der Waals surface area contributed by atoms with Crippen molar-refractivity contribution in [2.45, 2.75) is 71.3 Å². The molecule has 1 aliphatic heterocycles. The molecule has 0 saturated heterocycles. The zero-order valence-corrected chi connectivity index (χ0v) is 17.7. The maximum absolute atomic E-state index is 5.26. The van der Waals surface area contributed by atoms with Crippen molar-refractivity contribution in [3.8, 4) is 0 Å². The van der Waals surface area contributed by atoms with Crippen molar-refractivity contribution in [2.24, 2.45) is 0 Å². The molecule has 0 aliphatic carbocycles. The summed E-state index contributed by atoms with van der Waals surface area (Å²) in [5.74, 6) is 1.14. The number of fused-ring (bicyclic) bond motifs is 3. The summed E-state index contributed by atoms with van der Waals surface area (Å²) in [5, 5.41) is 1.35. The summed E-state index contributed by atoms with van der Waals surface area (Å²) in [5.41, 5.74) is 6.73. The first-order valence-corrected chi connectivity index (χ1v) is 10.7. The van der Waals surface area contributed by atoms with Crippen LogP contribution in [0, 0.1) is 0 Å². The van der Waals surface area contributed by atoms with Gasteiger partial charge in [0.2, 0.25) is 5.82 Å². The smallest absolute Gasteiger partial charge is 0.222 e. The molecule has 0 atom stereocenters. The molecule has 0 saturated carbocycles. The third-order valence-electron chi connectivity index (χ3n) is 6.99. The molecule has 144 valence electrons. The minimum atomic E-state index is -0.0390. The molecule has 0 fully saturated rings. The molecule has 3 nitrogen and oxygen atoms in total. The summed E-state index contributed by atoms with van der Waals surface area (Å²) >= 11 is 0. The fourth-order valence-corrected chi connectivity index (χ4v) is 5.34. The molecule has 3 heteroatoms. The Bertz CT molecular complexity index is 1220. The Morgan fingerprint density at radius 3 is 2.50 bits per heavy atom. The topological polar surface area (TPSA) is 21.2 Å². The van der Waals surface area contributed by atoms with Gasteiger partial charge in [-0.15, -0.1) is 0 Å². The van der Waals surface area contributed by atoms with Crippen LogP contribution < -0.4 is 4.57 Å². The van der Waals surface area contributed by atoms with Crippen LogP contribution in [0.3, 0.4) is 0 Å². The Morgan fingerprint density at radius 2 is 1.79 bits per heavy atom. The largest absolute Gasteiger partial charge is 0.298 e. The molecular formula is C25H30N3+. The molecule has 4 aromatic rings. The molecule has 0 radical (unpaired) electrons. The zero-order valence-electron chi connectivity index (χ0n) is 17.7. The molecule has 0 unspecified atom stereocenters. The molecule has 2 aromatic heterocycles. The predicted molar refractivity (Wildman–Crippen MR) is 116 cm³/mol. The Hall–Kier alpha value is -2.42. The van der Waals surface area contributed by atoms with Crippen LogP contribution in [0.25, 0.3) is 27.6 Å². The number of nitrogens with zero attached hydrogens (tertiary/aromatic N) is 3. The third kappa shape index (κ3) is 2.16. The van der Waals surface area contributed by atoms with Gasteiger partial charge in [-0.3, -0.25) is 0 Å². The number of benzene rings is 2. The average Bonchev–Trinajstić information content (AvgIpc) is 2.94. The first-order valence-electron chi connectivity index (χ1n) is 10.7. The van der Waals surface area contributed by atoms with Gasteiger partial charge in [0.15, 0.2) is 11.0 Å². The lowest BCUT2D eigenvalue weighted by atomic mass is 9.72. The van der Waals surface area contributed by atoms with Crippen LogP contribution in [-0.2, 0) is 17.4 Å². The van der Waals surface area contributed by atoms with Gasteiger partial charge in [0.05, 0.1) is 17.4 Å². The van der Waals surface area contributed by atoms with Crippen molar-refractivity contribution in [3.63, 3.8) is 0 Å². The van der Waals surface area contributed by atoms with Crippen LogP contribution in [0.2, 0.25) is 0 Å². The Morgan fingerprint density at radius 1 is 1.04 bits per heavy atom. The van der Waals surface area contributed by atoms with Crippen molar-refractivity contribution in [2.75, 3.05) is 0 Å². The number of imidazole rings is 1. The van der Waals surface area contributed by atoms with Crippen LogP contribution in [0.4, 0.5) is 0 Å². The van der Waals surface area contributed by atoms with E-state index in [1.165, 1.54) is 46.9 Å². The van der Waals surface area contributed by atoms with E-state index in [4.69, 9.17) is 4.98 Å². The van der Waals surface area contributed by atoms with Crippen molar-refractivity contribution >= 4 is 27.6 Å². The van der Waals surface area contributed by atoms with E-state index >= 15 is 0 Å². The quantitative estimate of drug-likeness (QED) is 0.414.